The van der Waals surface area contributed by atoms with Crippen LogP contribution >= 0.6 is 11.3 Å². The summed E-state index contributed by atoms with van der Waals surface area (Å²) < 4.78 is 26.0. The van der Waals surface area contributed by atoms with Crippen LogP contribution in [0.2, 0.25) is 0 Å². The lowest BCUT2D eigenvalue weighted by atomic mass is 10.4. The van der Waals surface area contributed by atoms with Gasteiger partial charge in [0.1, 0.15) is 0 Å². The molecule has 1 N–H and O–H groups in total. The molecule has 1 saturated heterocycles. The van der Waals surface area contributed by atoms with Crippen LogP contribution in [0.15, 0.2) is 28.9 Å². The van der Waals surface area contributed by atoms with Crippen molar-refractivity contribution in [3.63, 3.8) is 0 Å². The van der Waals surface area contributed by atoms with Crippen LogP contribution in [0.3, 0.4) is 0 Å². The zero-order valence-electron chi connectivity index (χ0n) is 10.1. The molecule has 102 valence electrons. The second-order valence-corrected chi connectivity index (χ2v) is 6.91. The zero-order chi connectivity index (χ0) is 13.3. The van der Waals surface area contributed by atoms with Gasteiger partial charge in [0.2, 0.25) is 0 Å². The summed E-state index contributed by atoms with van der Waals surface area (Å²) in [5.41, 5.74) is 0. The highest BCUT2D eigenvalue weighted by Crippen LogP contribution is 2.21. The number of sulfonamides is 1. The Bertz CT molecular complexity index is 615. The third kappa shape index (κ3) is 2.36. The molecule has 0 radical (unpaired) electrons. The van der Waals surface area contributed by atoms with Crippen molar-refractivity contribution in [1.29, 1.82) is 0 Å². The van der Waals surface area contributed by atoms with E-state index in [1.54, 1.807) is 17.5 Å². The second-order valence-electron chi connectivity index (χ2n) is 4.13. The molecule has 7 nitrogen and oxygen atoms in total. The lowest BCUT2D eigenvalue weighted by molar-refractivity contribution is 0.383. The summed E-state index contributed by atoms with van der Waals surface area (Å²) in [4.78, 5) is 6.34. The molecule has 0 spiro atoms. The molecule has 0 atom stereocenters. The number of aromatic nitrogens is 3. The normalized spacial score (nSPS) is 17.8. The molecule has 0 aromatic carbocycles. The average molecular weight is 299 g/mol. The van der Waals surface area contributed by atoms with Gasteiger partial charge in [-0.2, -0.15) is 9.40 Å². The molecule has 0 amide bonds. The summed E-state index contributed by atoms with van der Waals surface area (Å²) in [7, 11) is -3.44. The summed E-state index contributed by atoms with van der Waals surface area (Å²) in [6.45, 7) is 2.23. The number of hydrogen-bond acceptors (Lipinski definition) is 6. The molecule has 2 aromatic heterocycles. The van der Waals surface area contributed by atoms with Gasteiger partial charge in [-0.25, -0.2) is 13.4 Å². The third-order valence-corrected chi connectivity index (χ3v) is 5.68. The summed E-state index contributed by atoms with van der Waals surface area (Å²) >= 11 is 1.57. The summed E-state index contributed by atoms with van der Waals surface area (Å²) in [5.74, 6) is 0. The van der Waals surface area contributed by atoms with E-state index in [0.717, 1.165) is 5.13 Å². The van der Waals surface area contributed by atoms with E-state index in [0.29, 0.717) is 26.2 Å². The number of nitrogens with zero attached hydrogens (tertiary/aromatic N) is 4. The van der Waals surface area contributed by atoms with Crippen molar-refractivity contribution >= 4 is 26.5 Å². The average Bonchev–Trinajstić information content (AvgIpc) is 3.12. The highest BCUT2D eigenvalue weighted by atomic mass is 32.2. The van der Waals surface area contributed by atoms with Gasteiger partial charge in [0.15, 0.2) is 10.2 Å². The minimum atomic E-state index is -3.44. The third-order valence-electron chi connectivity index (χ3n) is 3.02. The fourth-order valence-corrected chi connectivity index (χ4v) is 4.04. The topological polar surface area (TPSA) is 82.2 Å². The first-order valence-corrected chi connectivity index (χ1v) is 8.14. The van der Waals surface area contributed by atoms with Crippen molar-refractivity contribution < 1.29 is 8.42 Å². The number of rotatable bonds is 3. The number of nitrogens with one attached hydrogen (secondary N) is 1. The molecule has 1 fully saturated rings. The van der Waals surface area contributed by atoms with Crippen LogP contribution in [0, 0.1) is 0 Å². The number of H-pyrrole nitrogens is 1. The molecule has 9 heteroatoms. The van der Waals surface area contributed by atoms with Crippen molar-refractivity contribution in [3.05, 3.63) is 23.8 Å². The largest absolute Gasteiger partial charge is 0.345 e. The first-order valence-electron chi connectivity index (χ1n) is 5.82. The van der Waals surface area contributed by atoms with Gasteiger partial charge in [0, 0.05) is 37.8 Å². The minimum absolute atomic E-state index is 0.148. The molecule has 1 aliphatic heterocycles. The number of thiazole rings is 1. The van der Waals surface area contributed by atoms with Crippen LogP contribution in [-0.4, -0.2) is 54.1 Å². The van der Waals surface area contributed by atoms with Crippen LogP contribution in [0.1, 0.15) is 0 Å². The van der Waals surface area contributed by atoms with Gasteiger partial charge >= 0.3 is 0 Å². The Hall–Kier alpha value is -1.45. The Balaban J connectivity index is 1.71. The van der Waals surface area contributed by atoms with Crippen LogP contribution < -0.4 is 4.90 Å². The summed E-state index contributed by atoms with van der Waals surface area (Å²) in [5, 5.41) is 9.21. The predicted molar refractivity (Wildman–Crippen MR) is 71.7 cm³/mol. The van der Waals surface area contributed by atoms with Crippen molar-refractivity contribution in [2.45, 2.75) is 5.03 Å². The van der Waals surface area contributed by atoms with Crippen LogP contribution in [0.5, 0.6) is 0 Å². The fourth-order valence-electron chi connectivity index (χ4n) is 2.02. The predicted octanol–water partition coefficient (Wildman–Crippen LogP) is 0.377. The van der Waals surface area contributed by atoms with Crippen LogP contribution in [0.4, 0.5) is 5.13 Å². The highest BCUT2D eigenvalue weighted by molar-refractivity contribution is 7.89. The molecule has 3 heterocycles. The molecular weight excluding hydrogens is 286 g/mol. The molecule has 2 aromatic rings. The van der Waals surface area contributed by atoms with Crippen molar-refractivity contribution in [2.24, 2.45) is 0 Å². The summed E-state index contributed by atoms with van der Waals surface area (Å²) in [6, 6.07) is 1.47. The van der Waals surface area contributed by atoms with E-state index in [1.165, 1.54) is 16.6 Å². The molecule has 0 aliphatic carbocycles. The monoisotopic (exact) mass is 299 g/mol. The molecule has 0 bridgehead atoms. The molecular formula is C10H13N5O2S2. The van der Waals surface area contributed by atoms with Gasteiger partial charge in [-0.15, -0.1) is 11.3 Å². The molecule has 0 saturated carbocycles. The van der Waals surface area contributed by atoms with Crippen LogP contribution in [0.25, 0.3) is 0 Å². The number of hydrogen-bond donors (Lipinski definition) is 1. The zero-order valence-corrected chi connectivity index (χ0v) is 11.7. The van der Waals surface area contributed by atoms with Crippen LogP contribution in [-0.2, 0) is 10.0 Å². The van der Waals surface area contributed by atoms with Gasteiger partial charge in [-0.05, 0) is 6.07 Å². The number of aromatic amines is 1. The van der Waals surface area contributed by atoms with Crippen molar-refractivity contribution in [1.82, 2.24) is 19.5 Å². The Morgan fingerprint density at radius 3 is 2.58 bits per heavy atom. The van der Waals surface area contributed by atoms with Gasteiger partial charge in [0.05, 0.1) is 6.20 Å². The Kier molecular flexibility index (Phi) is 3.25. The van der Waals surface area contributed by atoms with Gasteiger partial charge < -0.3 is 4.90 Å². The smallest absolute Gasteiger partial charge is 0.260 e. The standard InChI is InChI=1S/C10H13N5O2S2/c16-19(17,9-1-2-12-13-9)15-6-4-14(5-7-15)10-11-3-8-18-10/h1-3,8H,4-7H2,(H,12,13). The fraction of sp³-hybridized carbons (Fsp3) is 0.400. The first-order chi connectivity index (χ1) is 9.18. The van der Waals surface area contributed by atoms with Gasteiger partial charge in [-0.3, -0.25) is 5.10 Å². The maximum atomic E-state index is 12.3. The lowest BCUT2D eigenvalue weighted by Gasteiger charge is -2.33. The molecule has 0 unspecified atom stereocenters. The highest BCUT2D eigenvalue weighted by Gasteiger charge is 2.29. The molecule has 3 rings (SSSR count). The van der Waals surface area contributed by atoms with E-state index >= 15 is 0 Å². The Labute approximate surface area is 114 Å². The SMILES string of the molecule is O=S(=O)(c1ccn[nH]1)N1CCN(c2nccs2)CC1. The van der Waals surface area contributed by atoms with E-state index in [1.807, 2.05) is 5.38 Å². The van der Waals surface area contributed by atoms with E-state index in [4.69, 9.17) is 0 Å². The first kappa shape index (κ1) is 12.6. The van der Waals surface area contributed by atoms with E-state index in [2.05, 4.69) is 20.1 Å². The van der Waals surface area contributed by atoms with E-state index < -0.39 is 10.0 Å². The Morgan fingerprint density at radius 1 is 1.21 bits per heavy atom. The molecule has 19 heavy (non-hydrogen) atoms. The minimum Gasteiger partial charge on any atom is -0.345 e. The van der Waals surface area contributed by atoms with E-state index in [9.17, 15) is 8.42 Å². The van der Waals surface area contributed by atoms with Crippen molar-refractivity contribution in [3.8, 4) is 0 Å². The molecule has 1 aliphatic rings. The van der Waals surface area contributed by atoms with E-state index in [-0.39, 0.29) is 5.03 Å². The Morgan fingerprint density at radius 2 is 2.00 bits per heavy atom. The second kappa shape index (κ2) is 4.91. The van der Waals surface area contributed by atoms with Gasteiger partial charge in [-0.1, -0.05) is 0 Å². The number of piperazine rings is 1. The van der Waals surface area contributed by atoms with Crippen molar-refractivity contribution in [2.75, 3.05) is 31.1 Å². The lowest BCUT2D eigenvalue weighted by Crippen LogP contribution is -2.48. The quantitative estimate of drug-likeness (QED) is 0.886. The van der Waals surface area contributed by atoms with Gasteiger partial charge in [0.25, 0.3) is 10.0 Å². The maximum Gasteiger partial charge on any atom is 0.260 e. The number of anilines is 1. The summed E-state index contributed by atoms with van der Waals surface area (Å²) in [6.07, 6.45) is 3.20. The maximum absolute atomic E-state index is 12.3.